The van der Waals surface area contributed by atoms with Crippen molar-refractivity contribution in [2.75, 3.05) is 12.9 Å². The number of methoxy groups -OCH3 is 1. The number of amides is 2. The molecular weight excluding hydrogens is 326 g/mol. The Morgan fingerprint density at radius 2 is 2.21 bits per heavy atom. The first-order valence-electron chi connectivity index (χ1n) is 7.40. The fourth-order valence-corrected chi connectivity index (χ4v) is 3.46. The van der Waals surface area contributed by atoms with Crippen LogP contribution in [-0.4, -0.2) is 34.7 Å². The highest BCUT2D eigenvalue weighted by molar-refractivity contribution is 8.00. The van der Waals surface area contributed by atoms with E-state index in [1.54, 1.807) is 19.2 Å². The van der Waals surface area contributed by atoms with Gasteiger partial charge in [-0.1, -0.05) is 12.1 Å². The summed E-state index contributed by atoms with van der Waals surface area (Å²) in [6.07, 6.45) is 1.50. The van der Waals surface area contributed by atoms with Gasteiger partial charge in [0.1, 0.15) is 11.1 Å². The molecule has 6 nitrogen and oxygen atoms in total. The van der Waals surface area contributed by atoms with Crippen LogP contribution in [0.2, 0.25) is 0 Å². The van der Waals surface area contributed by atoms with Crippen LogP contribution in [0.25, 0.3) is 0 Å². The summed E-state index contributed by atoms with van der Waals surface area (Å²) >= 11 is 1.46. The number of carbonyl (C=O) groups is 2. The second-order valence-corrected chi connectivity index (χ2v) is 6.40. The number of benzene rings is 1. The minimum Gasteiger partial charge on any atom is -0.497 e. The van der Waals surface area contributed by atoms with Crippen molar-refractivity contribution in [1.82, 2.24) is 15.4 Å². The quantitative estimate of drug-likeness (QED) is 0.922. The first kappa shape index (κ1) is 16.3. The summed E-state index contributed by atoms with van der Waals surface area (Å²) < 4.78 is 5.23. The van der Waals surface area contributed by atoms with E-state index >= 15 is 0 Å². The van der Waals surface area contributed by atoms with Gasteiger partial charge in [-0.2, -0.15) is 0 Å². The smallest absolute Gasteiger partial charge is 0.271 e. The van der Waals surface area contributed by atoms with Crippen molar-refractivity contribution in [3.8, 4) is 5.75 Å². The molecule has 1 fully saturated rings. The molecule has 2 heterocycles. The summed E-state index contributed by atoms with van der Waals surface area (Å²) in [5.41, 5.74) is 4.83. The van der Waals surface area contributed by atoms with Crippen LogP contribution >= 0.6 is 11.8 Å². The average Bonchev–Trinajstić information content (AvgIpc) is 2.96. The summed E-state index contributed by atoms with van der Waals surface area (Å²) in [6.45, 7) is 1.85. The number of pyridine rings is 1. The van der Waals surface area contributed by atoms with Gasteiger partial charge in [-0.15, -0.1) is 11.8 Å². The zero-order valence-electron chi connectivity index (χ0n) is 13.4. The van der Waals surface area contributed by atoms with E-state index in [1.165, 1.54) is 23.0 Å². The molecule has 0 radical (unpaired) electrons. The standard InChI is InChI=1S/C17H17N3O3S/c1-11-6-7-13(9-18-11)16(22)19-20-15(21)10-24-17(20)12-4-3-5-14(8-12)23-2/h3-9,17H,10H2,1-2H3,(H,19,22). The Hall–Kier alpha value is -2.54. The van der Waals surface area contributed by atoms with E-state index in [0.29, 0.717) is 17.1 Å². The number of hydrogen-bond donors (Lipinski definition) is 1. The fourth-order valence-electron chi connectivity index (χ4n) is 2.36. The van der Waals surface area contributed by atoms with E-state index < -0.39 is 0 Å². The first-order chi connectivity index (χ1) is 11.6. The Morgan fingerprint density at radius 3 is 2.92 bits per heavy atom. The van der Waals surface area contributed by atoms with Crippen LogP contribution < -0.4 is 10.2 Å². The zero-order chi connectivity index (χ0) is 17.1. The molecule has 124 valence electrons. The predicted octanol–water partition coefficient (Wildman–Crippen LogP) is 2.32. The second kappa shape index (κ2) is 6.92. The first-order valence-corrected chi connectivity index (χ1v) is 8.44. The normalized spacial score (nSPS) is 17.0. The molecule has 0 aliphatic carbocycles. The van der Waals surface area contributed by atoms with Crippen LogP contribution in [0, 0.1) is 6.92 Å². The number of aromatic nitrogens is 1. The molecule has 0 bridgehead atoms. The van der Waals surface area contributed by atoms with Gasteiger partial charge in [-0.3, -0.25) is 20.0 Å². The van der Waals surface area contributed by atoms with Gasteiger partial charge in [0.25, 0.3) is 11.8 Å². The third-order valence-corrected chi connectivity index (χ3v) is 4.85. The molecule has 1 aromatic carbocycles. The highest BCUT2D eigenvalue weighted by Crippen LogP contribution is 2.38. The van der Waals surface area contributed by atoms with Gasteiger partial charge >= 0.3 is 0 Å². The molecule has 7 heteroatoms. The van der Waals surface area contributed by atoms with Crippen molar-refractivity contribution in [2.45, 2.75) is 12.3 Å². The van der Waals surface area contributed by atoms with Gasteiger partial charge in [0.2, 0.25) is 0 Å². The number of hydrogen-bond acceptors (Lipinski definition) is 5. The minimum atomic E-state index is -0.355. The monoisotopic (exact) mass is 343 g/mol. The van der Waals surface area contributed by atoms with Gasteiger partial charge in [0.15, 0.2) is 0 Å². The minimum absolute atomic E-state index is 0.138. The highest BCUT2D eigenvalue weighted by Gasteiger charge is 2.34. The van der Waals surface area contributed by atoms with Crippen LogP contribution in [0.5, 0.6) is 5.75 Å². The summed E-state index contributed by atoms with van der Waals surface area (Å²) in [5, 5.41) is 1.09. The van der Waals surface area contributed by atoms with E-state index in [9.17, 15) is 9.59 Å². The lowest BCUT2D eigenvalue weighted by Gasteiger charge is -2.24. The molecule has 0 saturated carbocycles. The average molecular weight is 343 g/mol. The molecule has 1 aliphatic heterocycles. The number of hydrazine groups is 1. The van der Waals surface area contributed by atoms with Crippen LogP contribution in [0.1, 0.15) is 27.0 Å². The Morgan fingerprint density at radius 1 is 1.38 bits per heavy atom. The van der Waals surface area contributed by atoms with Gasteiger partial charge in [-0.25, -0.2) is 5.01 Å². The number of nitrogens with zero attached hydrogens (tertiary/aromatic N) is 2. The lowest BCUT2D eigenvalue weighted by molar-refractivity contribution is -0.130. The van der Waals surface area contributed by atoms with Gasteiger partial charge in [-0.05, 0) is 36.8 Å². The molecule has 1 atom stereocenters. The number of carbonyl (C=O) groups excluding carboxylic acids is 2. The third kappa shape index (κ3) is 3.35. The highest BCUT2D eigenvalue weighted by atomic mass is 32.2. The maximum Gasteiger partial charge on any atom is 0.271 e. The van der Waals surface area contributed by atoms with Crippen LogP contribution in [0.3, 0.4) is 0 Å². The van der Waals surface area contributed by atoms with Gasteiger partial charge in [0.05, 0.1) is 18.4 Å². The van der Waals surface area contributed by atoms with Crippen molar-refractivity contribution in [1.29, 1.82) is 0 Å². The van der Waals surface area contributed by atoms with Gasteiger partial charge in [0, 0.05) is 11.9 Å². The number of nitrogens with one attached hydrogen (secondary N) is 1. The van der Waals surface area contributed by atoms with E-state index in [4.69, 9.17) is 4.74 Å². The Kier molecular flexibility index (Phi) is 4.71. The van der Waals surface area contributed by atoms with Crippen LogP contribution in [0.15, 0.2) is 42.6 Å². The summed E-state index contributed by atoms with van der Waals surface area (Å²) in [5.74, 6) is 0.530. The number of thioether (sulfide) groups is 1. The Labute approximate surface area is 144 Å². The molecule has 2 amide bonds. The molecule has 1 unspecified atom stereocenters. The summed E-state index contributed by atoms with van der Waals surface area (Å²) in [6, 6.07) is 10.9. The molecule has 1 aliphatic rings. The van der Waals surface area contributed by atoms with Crippen molar-refractivity contribution < 1.29 is 14.3 Å². The lowest BCUT2D eigenvalue weighted by atomic mass is 10.2. The maximum absolute atomic E-state index is 12.4. The summed E-state index contributed by atoms with van der Waals surface area (Å²) in [7, 11) is 1.59. The molecule has 1 saturated heterocycles. The molecule has 24 heavy (non-hydrogen) atoms. The topological polar surface area (TPSA) is 71.5 Å². The SMILES string of the molecule is COc1cccc(C2SCC(=O)N2NC(=O)c2ccc(C)nc2)c1. The van der Waals surface area contributed by atoms with Crippen molar-refractivity contribution in [3.05, 3.63) is 59.4 Å². The van der Waals surface area contributed by atoms with Crippen molar-refractivity contribution in [3.63, 3.8) is 0 Å². The van der Waals surface area contributed by atoms with Crippen molar-refractivity contribution >= 4 is 23.6 Å². The maximum atomic E-state index is 12.4. The zero-order valence-corrected chi connectivity index (χ0v) is 14.2. The number of aryl methyl sites for hydroxylation is 1. The van der Waals surface area contributed by atoms with E-state index in [2.05, 4.69) is 10.4 Å². The fraction of sp³-hybridized carbons (Fsp3) is 0.235. The number of rotatable bonds is 4. The van der Waals surface area contributed by atoms with Crippen LogP contribution in [0.4, 0.5) is 0 Å². The van der Waals surface area contributed by atoms with Crippen LogP contribution in [-0.2, 0) is 4.79 Å². The van der Waals surface area contributed by atoms with E-state index in [-0.39, 0.29) is 17.2 Å². The Balaban J connectivity index is 1.80. The Bertz CT molecular complexity index is 764. The molecule has 1 aromatic heterocycles. The molecule has 2 aromatic rings. The second-order valence-electron chi connectivity index (χ2n) is 5.33. The molecular formula is C17H17N3O3S. The van der Waals surface area contributed by atoms with E-state index in [1.807, 2.05) is 31.2 Å². The molecule has 3 rings (SSSR count). The molecule has 1 N–H and O–H groups in total. The largest absolute Gasteiger partial charge is 0.497 e. The lowest BCUT2D eigenvalue weighted by Crippen LogP contribution is -2.44. The van der Waals surface area contributed by atoms with Gasteiger partial charge < -0.3 is 4.74 Å². The molecule has 0 spiro atoms. The third-order valence-electron chi connectivity index (χ3n) is 3.64. The van der Waals surface area contributed by atoms with E-state index in [0.717, 1.165) is 11.3 Å². The number of ether oxygens (including phenoxy) is 1. The summed E-state index contributed by atoms with van der Waals surface area (Å²) in [4.78, 5) is 28.7. The van der Waals surface area contributed by atoms with Crippen molar-refractivity contribution in [2.24, 2.45) is 0 Å². The predicted molar refractivity (Wildman–Crippen MR) is 91.5 cm³/mol.